The number of thiazole rings is 1. The maximum absolute atomic E-state index is 13.9. The molecule has 1 saturated heterocycles. The van der Waals surface area contributed by atoms with Crippen LogP contribution >= 0.6 is 11.3 Å². The Hall–Kier alpha value is -1.64. The van der Waals surface area contributed by atoms with Gasteiger partial charge in [0.25, 0.3) is 0 Å². The second-order valence-electron chi connectivity index (χ2n) is 6.55. The van der Waals surface area contributed by atoms with Gasteiger partial charge in [0.15, 0.2) is 5.82 Å². The molecule has 0 saturated carbocycles. The minimum Gasteiger partial charge on any atom is -0.354 e. The van der Waals surface area contributed by atoms with E-state index < -0.39 is 11.6 Å². The lowest BCUT2D eigenvalue weighted by atomic mass is 9.99. The average Bonchev–Trinajstić information content (AvgIpc) is 2.99. The van der Waals surface area contributed by atoms with Crippen LogP contribution in [0.1, 0.15) is 23.9 Å². The molecule has 2 aromatic rings. The van der Waals surface area contributed by atoms with E-state index in [4.69, 9.17) is 0 Å². The number of hydrogen-bond donors (Lipinski definition) is 2. The fourth-order valence-corrected chi connectivity index (χ4v) is 4.23. The van der Waals surface area contributed by atoms with Gasteiger partial charge < -0.3 is 10.6 Å². The van der Waals surface area contributed by atoms with Gasteiger partial charge in [-0.25, -0.2) is 13.8 Å². The summed E-state index contributed by atoms with van der Waals surface area (Å²) in [5.74, 6) is -1.26. The fourth-order valence-electron chi connectivity index (χ4n) is 3.02. The zero-order valence-corrected chi connectivity index (χ0v) is 15.1. The Morgan fingerprint density at radius 2 is 2.28 bits per heavy atom. The van der Waals surface area contributed by atoms with Crippen molar-refractivity contribution in [3.05, 3.63) is 28.8 Å². The van der Waals surface area contributed by atoms with Crippen LogP contribution in [0.25, 0.3) is 10.2 Å². The largest absolute Gasteiger partial charge is 0.354 e. The van der Waals surface area contributed by atoms with E-state index in [1.807, 2.05) is 19.0 Å². The Bertz CT molecular complexity index is 758. The van der Waals surface area contributed by atoms with Gasteiger partial charge in [0, 0.05) is 19.2 Å². The van der Waals surface area contributed by atoms with Crippen LogP contribution in [0.15, 0.2) is 12.1 Å². The summed E-state index contributed by atoms with van der Waals surface area (Å²) in [5.41, 5.74) is 0.177. The van der Waals surface area contributed by atoms with Gasteiger partial charge in [0.1, 0.15) is 16.3 Å². The Labute approximate surface area is 149 Å². The normalized spacial score (nSPS) is 19.3. The van der Waals surface area contributed by atoms with Crippen molar-refractivity contribution in [3.63, 3.8) is 0 Å². The standard InChI is InChI=1S/C17H22F2N4OS/c1-23(2)13(9-21-16(24)10-4-3-5-20-8-10)17-22-15-12(19)6-11(18)7-14(15)25-17/h6-7,10,13,20H,3-5,8-9H2,1-2H3,(H,21,24)/t10-,13+/m1/s1. The van der Waals surface area contributed by atoms with Gasteiger partial charge in [0.05, 0.1) is 16.7 Å². The quantitative estimate of drug-likeness (QED) is 0.850. The number of carbonyl (C=O) groups is 1. The summed E-state index contributed by atoms with van der Waals surface area (Å²) in [6.07, 6.45) is 1.88. The van der Waals surface area contributed by atoms with Crippen LogP contribution in [-0.2, 0) is 4.79 Å². The van der Waals surface area contributed by atoms with E-state index >= 15 is 0 Å². The molecule has 2 heterocycles. The molecule has 0 aliphatic carbocycles. The van der Waals surface area contributed by atoms with Crippen molar-refractivity contribution in [2.24, 2.45) is 5.92 Å². The van der Waals surface area contributed by atoms with E-state index in [0.717, 1.165) is 25.5 Å². The minimum absolute atomic E-state index is 0.0153. The summed E-state index contributed by atoms with van der Waals surface area (Å²) >= 11 is 1.25. The summed E-state index contributed by atoms with van der Waals surface area (Å²) in [6.45, 7) is 2.04. The fraction of sp³-hybridized carbons (Fsp3) is 0.529. The molecular weight excluding hydrogens is 346 g/mol. The average molecular weight is 368 g/mol. The summed E-state index contributed by atoms with van der Waals surface area (Å²) in [7, 11) is 3.75. The Morgan fingerprint density at radius 1 is 1.48 bits per heavy atom. The first-order chi connectivity index (χ1) is 12.0. The molecule has 1 amide bonds. The van der Waals surface area contributed by atoms with E-state index in [1.165, 1.54) is 17.4 Å². The van der Waals surface area contributed by atoms with Gasteiger partial charge in [-0.2, -0.15) is 0 Å². The molecule has 0 radical (unpaired) electrons. The van der Waals surface area contributed by atoms with Gasteiger partial charge in [-0.3, -0.25) is 9.69 Å². The lowest BCUT2D eigenvalue weighted by Crippen LogP contribution is -2.43. The number of carbonyl (C=O) groups excluding carboxylic acids is 1. The van der Waals surface area contributed by atoms with Gasteiger partial charge in [-0.15, -0.1) is 11.3 Å². The molecule has 0 bridgehead atoms. The van der Waals surface area contributed by atoms with Gasteiger partial charge >= 0.3 is 0 Å². The summed E-state index contributed by atoms with van der Waals surface area (Å²) in [6, 6.07) is 1.94. The molecule has 2 N–H and O–H groups in total. The van der Waals surface area contributed by atoms with Crippen LogP contribution in [0.5, 0.6) is 0 Å². The Kier molecular flexibility index (Phi) is 5.61. The molecule has 3 rings (SSSR count). The number of fused-ring (bicyclic) bond motifs is 1. The first-order valence-corrected chi connectivity index (χ1v) is 9.17. The van der Waals surface area contributed by atoms with Crippen LogP contribution in [0.2, 0.25) is 0 Å². The van der Waals surface area contributed by atoms with Gasteiger partial charge in [-0.05, 0) is 39.5 Å². The molecule has 8 heteroatoms. The topological polar surface area (TPSA) is 57.3 Å². The predicted octanol–water partition coefficient (Wildman–Crippen LogP) is 2.29. The number of hydrogen-bond acceptors (Lipinski definition) is 5. The molecule has 0 unspecified atom stereocenters. The number of aromatic nitrogens is 1. The van der Waals surface area contributed by atoms with Crippen molar-refractivity contribution in [1.82, 2.24) is 20.5 Å². The maximum Gasteiger partial charge on any atom is 0.224 e. The summed E-state index contributed by atoms with van der Waals surface area (Å²) in [4.78, 5) is 18.6. The molecule has 1 aliphatic heterocycles. The predicted molar refractivity (Wildman–Crippen MR) is 94.6 cm³/mol. The van der Waals surface area contributed by atoms with Crippen molar-refractivity contribution >= 4 is 27.5 Å². The third-order valence-corrected chi connectivity index (χ3v) is 5.58. The number of piperidine rings is 1. The smallest absolute Gasteiger partial charge is 0.224 e. The lowest BCUT2D eigenvalue weighted by molar-refractivity contribution is -0.125. The molecule has 5 nitrogen and oxygen atoms in total. The van der Waals surface area contributed by atoms with Crippen molar-refractivity contribution < 1.29 is 13.6 Å². The molecule has 1 aromatic heterocycles. The second-order valence-corrected chi connectivity index (χ2v) is 7.62. The van der Waals surface area contributed by atoms with Crippen LogP contribution in [-0.4, -0.2) is 49.5 Å². The molecular formula is C17H22F2N4OS. The number of nitrogens with zero attached hydrogens (tertiary/aromatic N) is 2. The Morgan fingerprint density at radius 3 is 2.96 bits per heavy atom. The van der Waals surface area contributed by atoms with Crippen molar-refractivity contribution in [2.75, 3.05) is 33.7 Å². The van der Waals surface area contributed by atoms with Crippen LogP contribution in [0.4, 0.5) is 8.78 Å². The third-order valence-electron chi connectivity index (χ3n) is 4.48. The highest BCUT2D eigenvalue weighted by atomic mass is 32.1. The van der Waals surface area contributed by atoms with Crippen LogP contribution < -0.4 is 10.6 Å². The summed E-state index contributed by atoms with van der Waals surface area (Å²) < 4.78 is 27.8. The van der Waals surface area contributed by atoms with E-state index in [0.29, 0.717) is 22.8 Å². The molecule has 1 aromatic carbocycles. The zero-order chi connectivity index (χ0) is 18.0. The van der Waals surface area contributed by atoms with Crippen molar-refractivity contribution in [1.29, 1.82) is 0 Å². The summed E-state index contributed by atoms with van der Waals surface area (Å²) in [5, 5.41) is 6.87. The number of nitrogens with one attached hydrogen (secondary N) is 2. The van der Waals surface area contributed by atoms with E-state index in [2.05, 4.69) is 15.6 Å². The van der Waals surface area contributed by atoms with Crippen molar-refractivity contribution in [3.8, 4) is 0 Å². The van der Waals surface area contributed by atoms with Crippen LogP contribution in [0, 0.1) is 17.6 Å². The molecule has 25 heavy (non-hydrogen) atoms. The highest BCUT2D eigenvalue weighted by molar-refractivity contribution is 7.18. The molecule has 136 valence electrons. The minimum atomic E-state index is -0.660. The lowest BCUT2D eigenvalue weighted by Gasteiger charge is -2.25. The second kappa shape index (κ2) is 7.72. The van der Waals surface area contributed by atoms with E-state index in [9.17, 15) is 13.6 Å². The van der Waals surface area contributed by atoms with E-state index in [-0.39, 0.29) is 23.4 Å². The van der Waals surface area contributed by atoms with Crippen LogP contribution in [0.3, 0.4) is 0 Å². The number of rotatable bonds is 5. The molecule has 2 atom stereocenters. The third kappa shape index (κ3) is 4.13. The number of halogens is 2. The first-order valence-electron chi connectivity index (χ1n) is 8.36. The van der Waals surface area contributed by atoms with Gasteiger partial charge in [0.2, 0.25) is 5.91 Å². The maximum atomic E-state index is 13.9. The molecule has 1 fully saturated rings. The monoisotopic (exact) mass is 368 g/mol. The van der Waals surface area contributed by atoms with E-state index in [1.54, 1.807) is 0 Å². The van der Waals surface area contributed by atoms with Crippen molar-refractivity contribution in [2.45, 2.75) is 18.9 Å². The number of likely N-dealkylation sites (N-methyl/N-ethyl adjacent to an activating group) is 1. The molecule has 0 spiro atoms. The SMILES string of the molecule is CN(C)[C@@H](CNC(=O)[C@@H]1CCCNC1)c1nc2c(F)cc(F)cc2s1. The highest BCUT2D eigenvalue weighted by Gasteiger charge is 2.24. The zero-order valence-electron chi connectivity index (χ0n) is 14.3. The number of amides is 1. The van der Waals surface area contributed by atoms with Gasteiger partial charge in [-0.1, -0.05) is 0 Å². The number of benzene rings is 1. The first kappa shape index (κ1) is 18.2. The highest BCUT2D eigenvalue weighted by Crippen LogP contribution is 2.30. The molecule has 1 aliphatic rings. The Balaban J connectivity index is 1.74.